The van der Waals surface area contributed by atoms with Crippen molar-refractivity contribution in [1.29, 1.82) is 0 Å². The van der Waals surface area contributed by atoms with Gasteiger partial charge in [0, 0.05) is 6.20 Å². The number of aromatic nitrogens is 1. The molecular weight excluding hydrogens is 161 g/mol. The van der Waals surface area contributed by atoms with Crippen LogP contribution < -0.4 is 10.4 Å². The topological polar surface area (TPSA) is 59.2 Å². The van der Waals surface area contributed by atoms with Gasteiger partial charge in [-0.1, -0.05) is 6.07 Å². The molecule has 1 unspecified atom stereocenters. The number of pyridine rings is 1. The van der Waals surface area contributed by atoms with E-state index in [0.29, 0.717) is 5.82 Å². The van der Waals surface area contributed by atoms with Crippen LogP contribution in [0.1, 0.15) is 0 Å². The largest absolute Gasteiger partial charge is 0.351 e. The highest BCUT2D eigenvalue weighted by molar-refractivity contribution is 7.21. The van der Waals surface area contributed by atoms with E-state index in [2.05, 4.69) is 14.4 Å². The lowest BCUT2D eigenvalue weighted by Gasteiger charge is -2.11. The second-order valence-corrected chi connectivity index (χ2v) is 2.41. The quantitative estimate of drug-likeness (QED) is 0.631. The minimum atomic E-state index is -0.547. The van der Waals surface area contributed by atoms with E-state index >= 15 is 0 Å². The molecule has 0 aromatic carbocycles. The van der Waals surface area contributed by atoms with Crippen molar-refractivity contribution in [2.75, 3.05) is 4.67 Å². The molecule has 1 aromatic heterocycles. The third-order valence-corrected chi connectivity index (χ3v) is 1.65. The highest BCUT2D eigenvalue weighted by atomic mass is 31.0. The number of amides is 2. The molecule has 2 amide bonds. The van der Waals surface area contributed by atoms with Crippen molar-refractivity contribution in [2.24, 2.45) is 5.73 Å². The number of primary amides is 1. The van der Waals surface area contributed by atoms with E-state index < -0.39 is 6.03 Å². The maximum atomic E-state index is 10.6. The molecule has 0 saturated heterocycles. The molecule has 2 N–H and O–H groups in total. The van der Waals surface area contributed by atoms with E-state index in [1.165, 1.54) is 4.67 Å². The number of urea groups is 1. The fourth-order valence-corrected chi connectivity index (χ4v) is 0.762. The molecule has 4 nitrogen and oxygen atoms in total. The van der Waals surface area contributed by atoms with Gasteiger partial charge in [-0.05, 0) is 21.5 Å². The van der Waals surface area contributed by atoms with Crippen LogP contribution in [0, 0.1) is 0 Å². The summed E-state index contributed by atoms with van der Waals surface area (Å²) in [5.74, 6) is 0.519. The summed E-state index contributed by atoms with van der Waals surface area (Å²) in [6.07, 6.45) is 1.59. The van der Waals surface area contributed by atoms with Crippen molar-refractivity contribution >= 4 is 21.2 Å². The summed E-state index contributed by atoms with van der Waals surface area (Å²) in [4.78, 5) is 14.5. The summed E-state index contributed by atoms with van der Waals surface area (Å²) in [5, 5.41) is 0. The SMILES string of the molecule is NC(=O)N(P)c1ccccn1. The number of nitrogens with two attached hydrogens (primary N) is 1. The fraction of sp³-hybridized carbons (Fsp3) is 0. The van der Waals surface area contributed by atoms with Gasteiger partial charge in [0.25, 0.3) is 0 Å². The van der Waals surface area contributed by atoms with Gasteiger partial charge in [0.05, 0.1) is 0 Å². The summed E-state index contributed by atoms with van der Waals surface area (Å²) in [7, 11) is 2.18. The van der Waals surface area contributed by atoms with Crippen LogP contribution in [0.2, 0.25) is 0 Å². The summed E-state index contributed by atoms with van der Waals surface area (Å²) in [6.45, 7) is 0. The van der Waals surface area contributed by atoms with Gasteiger partial charge in [-0.2, -0.15) is 0 Å². The molecule has 11 heavy (non-hydrogen) atoms. The van der Waals surface area contributed by atoms with E-state index in [1.807, 2.05) is 0 Å². The Morgan fingerprint density at radius 2 is 2.36 bits per heavy atom. The van der Waals surface area contributed by atoms with E-state index in [1.54, 1.807) is 24.4 Å². The smallest absolute Gasteiger partial charge is 0.323 e. The third kappa shape index (κ3) is 1.88. The molecule has 58 valence electrons. The molecule has 1 rings (SSSR count). The second-order valence-electron chi connectivity index (χ2n) is 1.90. The van der Waals surface area contributed by atoms with Crippen molar-refractivity contribution in [3.8, 4) is 0 Å². The van der Waals surface area contributed by atoms with Gasteiger partial charge in [-0.3, -0.25) is 4.67 Å². The molecule has 0 radical (unpaired) electrons. The lowest BCUT2D eigenvalue weighted by molar-refractivity contribution is 0.257. The van der Waals surface area contributed by atoms with Gasteiger partial charge in [-0.25, -0.2) is 9.78 Å². The highest BCUT2D eigenvalue weighted by Crippen LogP contribution is 2.12. The molecule has 0 spiro atoms. The maximum absolute atomic E-state index is 10.6. The monoisotopic (exact) mass is 169 g/mol. The van der Waals surface area contributed by atoms with Gasteiger partial charge >= 0.3 is 6.03 Å². The molecule has 0 aliphatic heterocycles. The van der Waals surface area contributed by atoms with Crippen LogP contribution in [0.25, 0.3) is 0 Å². The Labute approximate surface area is 66.7 Å². The first kappa shape index (κ1) is 7.95. The average Bonchev–Trinajstić information content (AvgIpc) is 2.05. The van der Waals surface area contributed by atoms with E-state index in [9.17, 15) is 4.79 Å². The maximum Gasteiger partial charge on any atom is 0.323 e. The predicted octanol–water partition coefficient (Wildman–Crippen LogP) is 0.757. The Balaban J connectivity index is 2.85. The number of nitrogens with zero attached hydrogens (tertiary/aromatic N) is 2. The van der Waals surface area contributed by atoms with Crippen LogP contribution in [-0.2, 0) is 0 Å². The molecule has 1 aromatic rings. The molecule has 1 atom stereocenters. The number of hydrogen-bond donors (Lipinski definition) is 1. The number of hydrogen-bond acceptors (Lipinski definition) is 2. The first-order chi connectivity index (χ1) is 5.22. The molecule has 0 aliphatic carbocycles. The van der Waals surface area contributed by atoms with E-state index in [4.69, 9.17) is 5.73 Å². The standard InChI is InChI=1S/C6H8N3OP/c7-6(10)9(11)5-3-1-2-4-8-5/h1-4H,11H2,(H2,7,10). The zero-order valence-corrected chi connectivity index (χ0v) is 6.92. The van der Waals surface area contributed by atoms with Crippen LogP contribution in [0.15, 0.2) is 24.4 Å². The minimum absolute atomic E-state index is 0.519. The first-order valence-corrected chi connectivity index (χ1v) is 3.49. The van der Waals surface area contributed by atoms with Gasteiger partial charge in [0.15, 0.2) is 0 Å². The first-order valence-electron chi connectivity index (χ1n) is 2.97. The van der Waals surface area contributed by atoms with Crippen LogP contribution in [0.4, 0.5) is 10.6 Å². The van der Waals surface area contributed by atoms with E-state index in [0.717, 1.165) is 0 Å². The molecule has 5 heteroatoms. The van der Waals surface area contributed by atoms with Gasteiger partial charge in [0.2, 0.25) is 0 Å². The Hall–Kier alpha value is -1.15. The summed E-state index contributed by atoms with van der Waals surface area (Å²) in [5.41, 5.74) is 4.99. The van der Waals surface area contributed by atoms with Crippen LogP contribution in [0.5, 0.6) is 0 Å². The molecule has 0 saturated carbocycles. The highest BCUT2D eigenvalue weighted by Gasteiger charge is 2.05. The van der Waals surface area contributed by atoms with Crippen molar-refractivity contribution in [3.63, 3.8) is 0 Å². The summed E-state index contributed by atoms with van der Waals surface area (Å²) in [6, 6.07) is 4.69. The van der Waals surface area contributed by atoms with Crippen LogP contribution >= 0.6 is 9.39 Å². The Morgan fingerprint density at radius 3 is 2.82 bits per heavy atom. The number of carbonyl (C=O) groups excluding carboxylic acids is 1. The molecular formula is C6H8N3OP. The fourth-order valence-electron chi connectivity index (χ4n) is 0.609. The second kappa shape index (κ2) is 3.30. The average molecular weight is 169 g/mol. The molecule has 1 heterocycles. The number of rotatable bonds is 1. The van der Waals surface area contributed by atoms with E-state index in [-0.39, 0.29) is 0 Å². The third-order valence-electron chi connectivity index (χ3n) is 1.13. The van der Waals surface area contributed by atoms with Crippen molar-refractivity contribution in [3.05, 3.63) is 24.4 Å². The zero-order chi connectivity index (χ0) is 8.27. The molecule has 0 aliphatic rings. The minimum Gasteiger partial charge on any atom is -0.351 e. The van der Waals surface area contributed by atoms with Gasteiger partial charge in [-0.15, -0.1) is 0 Å². The Morgan fingerprint density at radius 1 is 1.64 bits per heavy atom. The van der Waals surface area contributed by atoms with Crippen LogP contribution in [0.3, 0.4) is 0 Å². The lowest BCUT2D eigenvalue weighted by atomic mass is 10.5. The van der Waals surface area contributed by atoms with Crippen LogP contribution in [-0.4, -0.2) is 11.0 Å². The number of carbonyl (C=O) groups is 1. The van der Waals surface area contributed by atoms with Crippen molar-refractivity contribution in [2.45, 2.75) is 0 Å². The summed E-state index contributed by atoms with van der Waals surface area (Å²) < 4.78 is 1.19. The Bertz CT molecular complexity index is 251. The molecule has 0 bridgehead atoms. The summed E-state index contributed by atoms with van der Waals surface area (Å²) >= 11 is 0. The molecule has 0 fully saturated rings. The number of anilines is 1. The van der Waals surface area contributed by atoms with Gasteiger partial charge < -0.3 is 5.73 Å². The lowest BCUT2D eigenvalue weighted by Crippen LogP contribution is -2.26. The van der Waals surface area contributed by atoms with Crippen molar-refractivity contribution in [1.82, 2.24) is 4.98 Å². The zero-order valence-electron chi connectivity index (χ0n) is 5.77. The van der Waals surface area contributed by atoms with Crippen molar-refractivity contribution < 1.29 is 4.79 Å². The normalized spacial score (nSPS) is 9.18. The van der Waals surface area contributed by atoms with Gasteiger partial charge in [0.1, 0.15) is 5.82 Å². The predicted molar refractivity (Wildman–Crippen MR) is 46.0 cm³/mol. The Kier molecular flexibility index (Phi) is 2.39.